The number of hydrogen-bond acceptors (Lipinski definition) is 2. The van der Waals surface area contributed by atoms with E-state index in [4.69, 9.17) is 4.74 Å². The van der Waals surface area contributed by atoms with E-state index in [1.807, 2.05) is 36.1 Å². The van der Waals surface area contributed by atoms with Gasteiger partial charge < -0.3 is 9.64 Å². The van der Waals surface area contributed by atoms with Gasteiger partial charge in [-0.25, -0.2) is 0 Å². The van der Waals surface area contributed by atoms with Crippen LogP contribution in [0.5, 0.6) is 0 Å². The quantitative estimate of drug-likeness (QED) is 0.776. The Bertz CT molecular complexity index is 468. The first-order chi connectivity index (χ1) is 9.13. The van der Waals surface area contributed by atoms with Gasteiger partial charge in [0.25, 0.3) is 5.91 Å². The van der Waals surface area contributed by atoms with E-state index in [-0.39, 0.29) is 12.0 Å². The molecule has 0 N–H and O–H groups in total. The normalized spacial score (nSPS) is 30.2. The maximum Gasteiger partial charge on any atom is 0.253 e. The fourth-order valence-corrected chi connectivity index (χ4v) is 3.23. The molecule has 19 heavy (non-hydrogen) atoms. The Hall–Kier alpha value is -1.35. The van der Waals surface area contributed by atoms with Crippen LogP contribution in [0.4, 0.5) is 0 Å². The van der Waals surface area contributed by atoms with Crippen LogP contribution in [0.15, 0.2) is 24.3 Å². The van der Waals surface area contributed by atoms with E-state index in [1.165, 1.54) is 5.56 Å². The highest BCUT2D eigenvalue weighted by atomic mass is 16.5. The van der Waals surface area contributed by atoms with Crippen LogP contribution in [0.1, 0.15) is 35.7 Å². The van der Waals surface area contributed by atoms with Crippen molar-refractivity contribution in [3.05, 3.63) is 35.4 Å². The maximum atomic E-state index is 12.5. The molecule has 2 fully saturated rings. The van der Waals surface area contributed by atoms with E-state index in [0.717, 1.165) is 31.5 Å². The number of benzene rings is 1. The molecule has 3 heteroatoms. The third-order valence-electron chi connectivity index (χ3n) is 4.32. The Morgan fingerprint density at radius 3 is 2.79 bits per heavy atom. The van der Waals surface area contributed by atoms with E-state index < -0.39 is 0 Å². The monoisotopic (exact) mass is 259 g/mol. The van der Waals surface area contributed by atoms with Gasteiger partial charge in [0.2, 0.25) is 0 Å². The van der Waals surface area contributed by atoms with Crippen LogP contribution in [0, 0.1) is 12.8 Å². The van der Waals surface area contributed by atoms with Gasteiger partial charge >= 0.3 is 0 Å². The second kappa shape index (κ2) is 4.97. The van der Waals surface area contributed by atoms with Crippen molar-refractivity contribution >= 4 is 5.91 Å². The molecule has 0 spiro atoms. The van der Waals surface area contributed by atoms with Crippen molar-refractivity contribution in [2.45, 2.75) is 38.9 Å². The zero-order valence-electron chi connectivity index (χ0n) is 11.6. The van der Waals surface area contributed by atoms with E-state index in [0.29, 0.717) is 12.0 Å². The number of ether oxygens (including phenoxy) is 1. The number of nitrogens with zero attached hydrogens (tertiary/aromatic N) is 1. The molecule has 0 aromatic heterocycles. The number of piperidine rings is 1. The minimum absolute atomic E-state index is 0.140. The van der Waals surface area contributed by atoms with Gasteiger partial charge in [-0.05, 0) is 44.7 Å². The molecule has 2 aliphatic heterocycles. The minimum Gasteiger partial charge on any atom is -0.373 e. The lowest BCUT2D eigenvalue weighted by molar-refractivity contribution is 0.00157. The fourth-order valence-electron chi connectivity index (χ4n) is 3.23. The van der Waals surface area contributed by atoms with Crippen molar-refractivity contribution in [1.82, 2.24) is 4.90 Å². The van der Waals surface area contributed by atoms with E-state index in [9.17, 15) is 4.79 Å². The van der Waals surface area contributed by atoms with Crippen LogP contribution in [0.25, 0.3) is 0 Å². The minimum atomic E-state index is 0.140. The number of likely N-dealkylation sites (tertiary alicyclic amines) is 1. The Morgan fingerprint density at radius 1 is 1.32 bits per heavy atom. The Morgan fingerprint density at radius 2 is 2.05 bits per heavy atom. The SMILES string of the molecule is Cc1ccc(C(=O)N2CC[C@@H]3C[C@H](C)O[C@H]3C2)cc1. The lowest BCUT2D eigenvalue weighted by Crippen LogP contribution is -2.45. The number of carbonyl (C=O) groups is 1. The highest BCUT2D eigenvalue weighted by Gasteiger charge is 2.38. The standard InChI is InChI=1S/C16H21NO2/c1-11-3-5-13(6-4-11)16(18)17-8-7-14-9-12(2)19-15(14)10-17/h3-6,12,14-15H,7-10H2,1-2H3/t12-,14+,15-/m0/s1. The summed E-state index contributed by atoms with van der Waals surface area (Å²) in [5.74, 6) is 0.790. The Kier molecular flexibility index (Phi) is 3.31. The summed E-state index contributed by atoms with van der Waals surface area (Å²) >= 11 is 0. The van der Waals surface area contributed by atoms with Crippen molar-refractivity contribution in [2.75, 3.05) is 13.1 Å². The van der Waals surface area contributed by atoms with Crippen LogP contribution < -0.4 is 0 Å². The molecule has 3 nitrogen and oxygen atoms in total. The van der Waals surface area contributed by atoms with Gasteiger partial charge in [-0.2, -0.15) is 0 Å². The number of fused-ring (bicyclic) bond motifs is 1. The number of carbonyl (C=O) groups excluding carboxylic acids is 1. The average Bonchev–Trinajstić information content (AvgIpc) is 2.77. The molecule has 0 radical (unpaired) electrons. The van der Waals surface area contributed by atoms with Crippen LogP contribution in [0.3, 0.4) is 0 Å². The maximum absolute atomic E-state index is 12.5. The van der Waals surface area contributed by atoms with Gasteiger partial charge in [-0.1, -0.05) is 17.7 Å². The number of rotatable bonds is 1. The smallest absolute Gasteiger partial charge is 0.253 e. The molecule has 2 saturated heterocycles. The number of amides is 1. The average molecular weight is 259 g/mol. The number of hydrogen-bond donors (Lipinski definition) is 0. The fraction of sp³-hybridized carbons (Fsp3) is 0.562. The van der Waals surface area contributed by atoms with Crippen molar-refractivity contribution in [1.29, 1.82) is 0 Å². The summed E-state index contributed by atoms with van der Waals surface area (Å²) in [6.07, 6.45) is 2.83. The van der Waals surface area contributed by atoms with Gasteiger partial charge in [0.05, 0.1) is 12.2 Å². The van der Waals surface area contributed by atoms with Crippen LogP contribution in [-0.2, 0) is 4.74 Å². The molecule has 3 atom stereocenters. The zero-order chi connectivity index (χ0) is 13.4. The molecule has 1 aromatic carbocycles. The van der Waals surface area contributed by atoms with Crippen LogP contribution in [0.2, 0.25) is 0 Å². The largest absolute Gasteiger partial charge is 0.373 e. The van der Waals surface area contributed by atoms with E-state index in [1.54, 1.807) is 0 Å². The summed E-state index contributed by atoms with van der Waals surface area (Å²) in [7, 11) is 0. The molecule has 2 aliphatic rings. The third-order valence-corrected chi connectivity index (χ3v) is 4.32. The topological polar surface area (TPSA) is 29.5 Å². The predicted octanol–water partition coefficient (Wildman–Crippen LogP) is 2.63. The molecule has 1 amide bonds. The first-order valence-electron chi connectivity index (χ1n) is 7.15. The zero-order valence-corrected chi connectivity index (χ0v) is 11.6. The van der Waals surface area contributed by atoms with Gasteiger partial charge in [-0.15, -0.1) is 0 Å². The number of aryl methyl sites for hydroxylation is 1. The van der Waals surface area contributed by atoms with E-state index >= 15 is 0 Å². The predicted molar refractivity (Wildman–Crippen MR) is 74.1 cm³/mol. The van der Waals surface area contributed by atoms with Gasteiger partial charge in [0.15, 0.2) is 0 Å². The summed E-state index contributed by atoms with van der Waals surface area (Å²) in [5, 5.41) is 0. The summed E-state index contributed by atoms with van der Waals surface area (Å²) in [4.78, 5) is 14.4. The molecular formula is C16H21NO2. The second-order valence-electron chi connectivity index (χ2n) is 5.89. The molecule has 3 rings (SSSR count). The lowest BCUT2D eigenvalue weighted by atomic mass is 9.91. The molecule has 102 valence electrons. The molecule has 0 aliphatic carbocycles. The summed E-state index contributed by atoms with van der Waals surface area (Å²) < 4.78 is 5.91. The van der Waals surface area contributed by atoms with Crippen LogP contribution in [-0.4, -0.2) is 36.1 Å². The van der Waals surface area contributed by atoms with Crippen molar-refractivity contribution in [2.24, 2.45) is 5.92 Å². The second-order valence-corrected chi connectivity index (χ2v) is 5.89. The Labute approximate surface area is 114 Å². The molecule has 0 unspecified atom stereocenters. The highest BCUT2D eigenvalue weighted by molar-refractivity contribution is 5.94. The van der Waals surface area contributed by atoms with Crippen molar-refractivity contribution in [3.63, 3.8) is 0 Å². The molecule has 0 saturated carbocycles. The first-order valence-corrected chi connectivity index (χ1v) is 7.15. The first kappa shape index (κ1) is 12.7. The van der Waals surface area contributed by atoms with Gasteiger partial charge in [0.1, 0.15) is 0 Å². The molecule has 1 aromatic rings. The van der Waals surface area contributed by atoms with Gasteiger partial charge in [0, 0.05) is 18.7 Å². The van der Waals surface area contributed by atoms with Crippen LogP contribution >= 0.6 is 0 Å². The summed E-state index contributed by atoms with van der Waals surface area (Å²) in [6.45, 7) is 5.78. The van der Waals surface area contributed by atoms with Crippen molar-refractivity contribution < 1.29 is 9.53 Å². The van der Waals surface area contributed by atoms with E-state index in [2.05, 4.69) is 6.92 Å². The summed E-state index contributed by atoms with van der Waals surface area (Å²) in [5.41, 5.74) is 1.97. The molecular weight excluding hydrogens is 238 g/mol. The van der Waals surface area contributed by atoms with Gasteiger partial charge in [-0.3, -0.25) is 4.79 Å². The highest BCUT2D eigenvalue weighted by Crippen LogP contribution is 2.33. The molecule has 0 bridgehead atoms. The van der Waals surface area contributed by atoms with Crippen molar-refractivity contribution in [3.8, 4) is 0 Å². The third kappa shape index (κ3) is 2.52. The lowest BCUT2D eigenvalue weighted by Gasteiger charge is -2.34. The summed E-state index contributed by atoms with van der Waals surface area (Å²) in [6, 6.07) is 7.83. The Balaban J connectivity index is 1.70. The molecule has 2 heterocycles.